The molecule has 1 aliphatic carbocycles. The van der Waals surface area contributed by atoms with Crippen LogP contribution in [0.2, 0.25) is 5.02 Å². The van der Waals surface area contributed by atoms with Gasteiger partial charge in [0.05, 0.1) is 16.7 Å². The number of nitriles is 1. The summed E-state index contributed by atoms with van der Waals surface area (Å²) in [6.07, 6.45) is 0.467. The number of nitrogens with zero attached hydrogens (tertiary/aromatic N) is 1. The summed E-state index contributed by atoms with van der Waals surface area (Å²) in [6, 6.07) is 5.58. The van der Waals surface area contributed by atoms with Crippen LogP contribution in [0.1, 0.15) is 18.4 Å². The molecule has 0 amide bonds. The first-order chi connectivity index (χ1) is 8.81. The van der Waals surface area contributed by atoms with E-state index in [0.717, 1.165) is 6.07 Å². The first kappa shape index (κ1) is 13.8. The van der Waals surface area contributed by atoms with Crippen LogP contribution in [0.5, 0.6) is 0 Å². The summed E-state index contributed by atoms with van der Waals surface area (Å²) in [7, 11) is -4.08. The van der Waals surface area contributed by atoms with Crippen LogP contribution in [0.15, 0.2) is 23.1 Å². The first-order valence-corrected chi connectivity index (χ1v) is 7.14. The zero-order valence-electron chi connectivity index (χ0n) is 9.55. The van der Waals surface area contributed by atoms with Crippen molar-refractivity contribution in [3.8, 4) is 6.07 Å². The van der Waals surface area contributed by atoms with Gasteiger partial charge in [0.15, 0.2) is 0 Å². The maximum absolute atomic E-state index is 12.1. The van der Waals surface area contributed by atoms with Crippen LogP contribution in [0.3, 0.4) is 0 Å². The molecule has 1 saturated carbocycles. The summed E-state index contributed by atoms with van der Waals surface area (Å²) in [4.78, 5) is 10.7. The second kappa shape index (κ2) is 4.49. The number of benzene rings is 1. The predicted octanol–water partition coefficient (Wildman–Crippen LogP) is 1.11. The fraction of sp³-hybridized carbons (Fsp3) is 0.273. The van der Waals surface area contributed by atoms with Gasteiger partial charge in [0.25, 0.3) is 0 Å². The Bertz CT molecular complexity index is 689. The topological polar surface area (TPSA) is 107 Å². The smallest absolute Gasteiger partial charge is 0.324 e. The molecule has 2 N–H and O–H groups in total. The van der Waals surface area contributed by atoms with E-state index < -0.39 is 21.5 Å². The predicted molar refractivity (Wildman–Crippen MR) is 66.1 cm³/mol. The fourth-order valence-corrected chi connectivity index (χ4v) is 3.52. The quantitative estimate of drug-likeness (QED) is 0.866. The van der Waals surface area contributed by atoms with Crippen molar-refractivity contribution in [2.45, 2.75) is 23.3 Å². The molecule has 0 atom stereocenters. The molecular formula is C11H9ClN2O4S. The second-order valence-corrected chi connectivity index (χ2v) is 6.31. The third-order valence-electron chi connectivity index (χ3n) is 2.84. The molecule has 6 nitrogen and oxygen atoms in total. The third kappa shape index (κ3) is 2.56. The van der Waals surface area contributed by atoms with Gasteiger partial charge in [-0.1, -0.05) is 11.6 Å². The summed E-state index contributed by atoms with van der Waals surface area (Å²) in [6.45, 7) is 0. The molecule has 8 heteroatoms. The number of hydrogen-bond donors (Lipinski definition) is 2. The molecule has 19 heavy (non-hydrogen) atoms. The molecule has 0 radical (unpaired) electrons. The Labute approximate surface area is 114 Å². The van der Waals surface area contributed by atoms with Crippen LogP contribution in [0, 0.1) is 11.3 Å². The molecule has 0 aliphatic heterocycles. The highest BCUT2D eigenvalue weighted by atomic mass is 35.5. The van der Waals surface area contributed by atoms with Crippen molar-refractivity contribution in [2.24, 2.45) is 0 Å². The van der Waals surface area contributed by atoms with Gasteiger partial charge < -0.3 is 5.11 Å². The molecule has 1 fully saturated rings. The largest absolute Gasteiger partial charge is 0.480 e. The molecule has 1 aliphatic rings. The number of nitrogens with one attached hydrogen (secondary N) is 1. The lowest BCUT2D eigenvalue weighted by atomic mass is 10.2. The normalized spacial score (nSPS) is 16.6. The number of aliphatic carboxylic acids is 1. The molecule has 100 valence electrons. The van der Waals surface area contributed by atoms with Crippen LogP contribution in [-0.4, -0.2) is 25.0 Å². The van der Waals surface area contributed by atoms with Gasteiger partial charge in [-0.3, -0.25) is 4.79 Å². The van der Waals surface area contributed by atoms with Crippen molar-refractivity contribution in [1.29, 1.82) is 5.26 Å². The molecule has 0 heterocycles. The summed E-state index contributed by atoms with van der Waals surface area (Å²) >= 11 is 5.79. The van der Waals surface area contributed by atoms with Gasteiger partial charge in [0, 0.05) is 0 Å². The lowest BCUT2D eigenvalue weighted by Crippen LogP contribution is -2.43. The highest BCUT2D eigenvalue weighted by Gasteiger charge is 2.53. The van der Waals surface area contributed by atoms with Gasteiger partial charge in [-0.15, -0.1) is 0 Å². The summed E-state index contributed by atoms with van der Waals surface area (Å²) in [5.41, 5.74) is -1.31. The Morgan fingerprint density at radius 1 is 1.47 bits per heavy atom. The lowest BCUT2D eigenvalue weighted by Gasteiger charge is -2.13. The Morgan fingerprint density at radius 3 is 2.58 bits per heavy atom. The second-order valence-electron chi connectivity index (χ2n) is 4.25. The van der Waals surface area contributed by atoms with Gasteiger partial charge >= 0.3 is 5.97 Å². The average Bonchev–Trinajstić information content (AvgIpc) is 3.09. The minimum Gasteiger partial charge on any atom is -0.480 e. The SMILES string of the molecule is N#Cc1ccc(Cl)c(S(=O)(=O)NC2(C(=O)O)CC2)c1. The van der Waals surface area contributed by atoms with Crippen molar-refractivity contribution < 1.29 is 18.3 Å². The summed E-state index contributed by atoms with van der Waals surface area (Å²) < 4.78 is 26.4. The van der Waals surface area contributed by atoms with Gasteiger partial charge in [-0.2, -0.15) is 9.98 Å². The van der Waals surface area contributed by atoms with Gasteiger partial charge in [0.1, 0.15) is 10.4 Å². The van der Waals surface area contributed by atoms with E-state index >= 15 is 0 Å². The fourth-order valence-electron chi connectivity index (χ4n) is 1.58. The zero-order valence-corrected chi connectivity index (χ0v) is 11.1. The Hall–Kier alpha value is -1.62. The average molecular weight is 301 g/mol. The molecule has 0 spiro atoms. The van der Waals surface area contributed by atoms with Crippen molar-refractivity contribution in [3.63, 3.8) is 0 Å². The zero-order chi connectivity index (χ0) is 14.3. The Balaban J connectivity index is 2.41. The van der Waals surface area contributed by atoms with Crippen molar-refractivity contribution in [3.05, 3.63) is 28.8 Å². The maximum Gasteiger partial charge on any atom is 0.324 e. The van der Waals surface area contributed by atoms with E-state index in [2.05, 4.69) is 4.72 Å². The van der Waals surface area contributed by atoms with Crippen LogP contribution >= 0.6 is 11.6 Å². The van der Waals surface area contributed by atoms with Crippen LogP contribution in [0.25, 0.3) is 0 Å². The van der Waals surface area contributed by atoms with E-state index in [1.54, 1.807) is 6.07 Å². The van der Waals surface area contributed by atoms with Crippen molar-refractivity contribution in [2.75, 3.05) is 0 Å². The van der Waals surface area contributed by atoms with Crippen LogP contribution in [0.4, 0.5) is 0 Å². The minimum absolute atomic E-state index is 0.0623. The molecule has 1 aromatic rings. The summed E-state index contributed by atoms with van der Waals surface area (Å²) in [5.74, 6) is -1.22. The molecular weight excluding hydrogens is 292 g/mol. The number of halogens is 1. The van der Waals surface area contributed by atoms with E-state index in [0.29, 0.717) is 0 Å². The number of carboxylic acid groups (broad SMARTS) is 1. The third-order valence-corrected chi connectivity index (χ3v) is 4.86. The van der Waals surface area contributed by atoms with E-state index in [4.69, 9.17) is 22.0 Å². The highest BCUT2D eigenvalue weighted by molar-refractivity contribution is 7.89. The number of sulfonamides is 1. The number of carbonyl (C=O) groups is 1. The van der Waals surface area contributed by atoms with Crippen molar-refractivity contribution >= 4 is 27.6 Å². The molecule has 0 saturated heterocycles. The van der Waals surface area contributed by atoms with Crippen molar-refractivity contribution in [1.82, 2.24) is 4.72 Å². The molecule has 0 bridgehead atoms. The standard InChI is InChI=1S/C11H9ClN2O4S/c12-8-2-1-7(6-13)5-9(8)19(17,18)14-11(3-4-11)10(15)16/h1-2,5,14H,3-4H2,(H,15,16). The highest BCUT2D eigenvalue weighted by Crippen LogP contribution is 2.37. The van der Waals surface area contributed by atoms with E-state index in [-0.39, 0.29) is 28.3 Å². The lowest BCUT2D eigenvalue weighted by molar-refractivity contribution is -0.140. The number of hydrogen-bond acceptors (Lipinski definition) is 4. The van der Waals surface area contributed by atoms with Gasteiger partial charge in [-0.25, -0.2) is 8.42 Å². The van der Waals surface area contributed by atoms with E-state index in [9.17, 15) is 13.2 Å². The monoisotopic (exact) mass is 300 g/mol. The number of carboxylic acids is 1. The minimum atomic E-state index is -4.08. The first-order valence-electron chi connectivity index (χ1n) is 5.28. The number of rotatable bonds is 4. The van der Waals surface area contributed by atoms with Crippen LogP contribution < -0.4 is 4.72 Å². The molecule has 0 unspecified atom stereocenters. The van der Waals surface area contributed by atoms with E-state index in [1.807, 2.05) is 0 Å². The summed E-state index contributed by atoms with van der Waals surface area (Å²) in [5, 5.41) is 17.7. The van der Waals surface area contributed by atoms with Crippen LogP contribution in [-0.2, 0) is 14.8 Å². The molecule has 1 aromatic carbocycles. The Kier molecular flexibility index (Phi) is 3.26. The molecule has 0 aromatic heterocycles. The molecule has 2 rings (SSSR count). The van der Waals surface area contributed by atoms with E-state index in [1.165, 1.54) is 12.1 Å². The van der Waals surface area contributed by atoms with Gasteiger partial charge in [0.2, 0.25) is 10.0 Å². The maximum atomic E-state index is 12.1. The Morgan fingerprint density at radius 2 is 2.11 bits per heavy atom. The van der Waals surface area contributed by atoms with Gasteiger partial charge in [-0.05, 0) is 31.0 Å².